The van der Waals surface area contributed by atoms with Crippen molar-refractivity contribution in [3.63, 3.8) is 0 Å². The monoisotopic (exact) mass is 262 g/mol. The molecule has 2 aromatic rings. The number of pyridine rings is 2. The highest BCUT2D eigenvalue weighted by Gasteiger charge is 2.18. The Morgan fingerprint density at radius 3 is 2.89 bits per heavy atom. The van der Waals surface area contributed by atoms with Gasteiger partial charge in [0, 0.05) is 24.0 Å². The van der Waals surface area contributed by atoms with E-state index in [0.29, 0.717) is 5.56 Å². The molecule has 0 spiro atoms. The molecule has 2 heterocycles. The van der Waals surface area contributed by atoms with Crippen LogP contribution in [0.15, 0.2) is 36.8 Å². The zero-order chi connectivity index (χ0) is 13.8. The van der Waals surface area contributed by atoms with E-state index in [0.717, 1.165) is 6.20 Å². The van der Waals surface area contributed by atoms with Crippen molar-refractivity contribution >= 4 is 11.5 Å². The molecule has 2 aromatic heterocycles. The number of rotatable bonds is 4. The van der Waals surface area contributed by atoms with Gasteiger partial charge in [0.15, 0.2) is 0 Å². The number of nitrogens with zero attached hydrogens (tertiary/aromatic N) is 3. The van der Waals surface area contributed by atoms with Gasteiger partial charge in [0.2, 0.25) is 5.82 Å². The molecule has 0 aliphatic heterocycles. The van der Waals surface area contributed by atoms with Gasteiger partial charge >= 0.3 is 5.69 Å². The van der Waals surface area contributed by atoms with Crippen LogP contribution in [0, 0.1) is 15.9 Å². The predicted molar refractivity (Wildman–Crippen MR) is 67.1 cm³/mol. The number of nitro groups is 1. The second kappa shape index (κ2) is 5.38. The van der Waals surface area contributed by atoms with Crippen LogP contribution in [-0.2, 0) is 0 Å². The molecule has 7 heteroatoms. The van der Waals surface area contributed by atoms with E-state index in [1.807, 2.05) is 0 Å². The molecular formula is C12H11FN4O2. The standard InChI is InChI=1S/C12H11FN4O2/c1-8(9-4-6-14-7-10(9)13)16-12-11(17(18)19)3-2-5-15-12/h2-8H,1H3,(H,15,16)/t8-/m1/s1. The average Bonchev–Trinajstić information content (AvgIpc) is 2.39. The summed E-state index contributed by atoms with van der Waals surface area (Å²) in [5.74, 6) is -0.364. The van der Waals surface area contributed by atoms with Crippen LogP contribution in [0.4, 0.5) is 15.9 Å². The second-order valence-corrected chi connectivity index (χ2v) is 3.89. The van der Waals surface area contributed by atoms with E-state index in [2.05, 4.69) is 15.3 Å². The molecule has 0 aliphatic rings. The van der Waals surface area contributed by atoms with E-state index in [1.54, 1.807) is 6.92 Å². The molecule has 0 aromatic carbocycles. The lowest BCUT2D eigenvalue weighted by Gasteiger charge is -2.15. The molecule has 0 radical (unpaired) electrons. The molecule has 0 amide bonds. The number of anilines is 1. The Balaban J connectivity index is 2.27. The first-order valence-electron chi connectivity index (χ1n) is 5.55. The molecule has 0 saturated carbocycles. The fourth-order valence-corrected chi connectivity index (χ4v) is 1.68. The quantitative estimate of drug-likeness (QED) is 0.676. The van der Waals surface area contributed by atoms with Crippen molar-refractivity contribution in [3.8, 4) is 0 Å². The maximum absolute atomic E-state index is 13.5. The number of halogens is 1. The summed E-state index contributed by atoms with van der Waals surface area (Å²) in [6.07, 6.45) is 3.99. The van der Waals surface area contributed by atoms with Gasteiger partial charge in [0.05, 0.1) is 17.2 Å². The number of aromatic nitrogens is 2. The molecule has 0 bridgehead atoms. The zero-order valence-corrected chi connectivity index (χ0v) is 10.1. The third-order valence-electron chi connectivity index (χ3n) is 2.61. The lowest BCUT2D eigenvalue weighted by Crippen LogP contribution is -2.11. The van der Waals surface area contributed by atoms with Crippen molar-refractivity contribution in [2.24, 2.45) is 0 Å². The van der Waals surface area contributed by atoms with Crippen molar-refractivity contribution in [3.05, 3.63) is 58.3 Å². The molecule has 0 unspecified atom stereocenters. The van der Waals surface area contributed by atoms with Gasteiger partial charge in [0.25, 0.3) is 0 Å². The highest BCUT2D eigenvalue weighted by Crippen LogP contribution is 2.26. The molecule has 98 valence electrons. The van der Waals surface area contributed by atoms with E-state index >= 15 is 0 Å². The van der Waals surface area contributed by atoms with Crippen molar-refractivity contribution in [1.29, 1.82) is 0 Å². The summed E-state index contributed by atoms with van der Waals surface area (Å²) in [4.78, 5) is 17.9. The van der Waals surface area contributed by atoms with E-state index in [-0.39, 0.29) is 11.5 Å². The Morgan fingerprint density at radius 2 is 2.21 bits per heavy atom. The van der Waals surface area contributed by atoms with Gasteiger partial charge in [-0.25, -0.2) is 9.37 Å². The van der Waals surface area contributed by atoms with Crippen LogP contribution in [0.5, 0.6) is 0 Å². The van der Waals surface area contributed by atoms with Crippen LogP contribution in [-0.4, -0.2) is 14.9 Å². The Morgan fingerprint density at radius 1 is 1.42 bits per heavy atom. The van der Waals surface area contributed by atoms with Crippen molar-refractivity contribution in [2.45, 2.75) is 13.0 Å². The highest BCUT2D eigenvalue weighted by molar-refractivity contribution is 5.56. The third kappa shape index (κ3) is 2.82. The first kappa shape index (κ1) is 12.9. The lowest BCUT2D eigenvalue weighted by molar-refractivity contribution is -0.384. The first-order valence-corrected chi connectivity index (χ1v) is 5.55. The molecule has 0 fully saturated rings. The molecule has 2 rings (SSSR count). The Hall–Kier alpha value is -2.57. The molecule has 19 heavy (non-hydrogen) atoms. The normalized spacial score (nSPS) is 11.9. The van der Waals surface area contributed by atoms with Crippen LogP contribution < -0.4 is 5.32 Å². The van der Waals surface area contributed by atoms with Gasteiger partial charge < -0.3 is 5.32 Å². The van der Waals surface area contributed by atoms with Gasteiger partial charge in [-0.3, -0.25) is 15.1 Å². The van der Waals surface area contributed by atoms with Gasteiger partial charge in [-0.05, 0) is 19.1 Å². The predicted octanol–water partition coefficient (Wildman–Crippen LogP) is 2.70. The largest absolute Gasteiger partial charge is 0.358 e. The fraction of sp³-hybridized carbons (Fsp3) is 0.167. The number of nitrogens with one attached hydrogen (secondary N) is 1. The molecule has 0 aliphatic carbocycles. The summed E-state index contributed by atoms with van der Waals surface area (Å²) >= 11 is 0. The van der Waals surface area contributed by atoms with Gasteiger partial charge in [-0.15, -0.1) is 0 Å². The van der Waals surface area contributed by atoms with Crippen molar-refractivity contribution in [2.75, 3.05) is 5.32 Å². The lowest BCUT2D eigenvalue weighted by atomic mass is 10.1. The summed E-state index contributed by atoms with van der Waals surface area (Å²) in [5, 5.41) is 13.7. The zero-order valence-electron chi connectivity index (χ0n) is 10.1. The molecule has 1 N–H and O–H groups in total. The van der Waals surface area contributed by atoms with Crippen LogP contribution in [0.1, 0.15) is 18.5 Å². The highest BCUT2D eigenvalue weighted by atomic mass is 19.1. The van der Waals surface area contributed by atoms with Crippen LogP contribution >= 0.6 is 0 Å². The van der Waals surface area contributed by atoms with E-state index in [1.165, 1.54) is 30.6 Å². The van der Waals surface area contributed by atoms with Crippen LogP contribution in [0.25, 0.3) is 0 Å². The Bertz CT molecular complexity index is 606. The van der Waals surface area contributed by atoms with E-state index in [9.17, 15) is 14.5 Å². The van der Waals surface area contributed by atoms with Crippen LogP contribution in [0.2, 0.25) is 0 Å². The first-order chi connectivity index (χ1) is 9.09. The minimum absolute atomic E-state index is 0.108. The molecule has 6 nitrogen and oxygen atoms in total. The minimum atomic E-state index is -0.537. The molecule has 1 atom stereocenters. The summed E-state index contributed by atoms with van der Waals surface area (Å²) < 4.78 is 13.5. The van der Waals surface area contributed by atoms with Gasteiger partial charge in [-0.2, -0.15) is 0 Å². The van der Waals surface area contributed by atoms with Crippen molar-refractivity contribution in [1.82, 2.24) is 9.97 Å². The summed E-state index contributed by atoms with van der Waals surface area (Å²) in [7, 11) is 0. The maximum atomic E-state index is 13.5. The number of hydrogen-bond acceptors (Lipinski definition) is 5. The summed E-state index contributed by atoms with van der Waals surface area (Å²) in [6.45, 7) is 1.69. The van der Waals surface area contributed by atoms with Crippen LogP contribution in [0.3, 0.4) is 0 Å². The second-order valence-electron chi connectivity index (χ2n) is 3.89. The minimum Gasteiger partial charge on any atom is -0.358 e. The summed E-state index contributed by atoms with van der Waals surface area (Å²) in [6, 6.07) is 3.87. The SMILES string of the molecule is C[C@@H](Nc1ncccc1[N+](=O)[O-])c1ccncc1F. The summed E-state index contributed by atoms with van der Waals surface area (Å²) in [5.41, 5.74) is 0.221. The van der Waals surface area contributed by atoms with E-state index in [4.69, 9.17) is 0 Å². The average molecular weight is 262 g/mol. The topological polar surface area (TPSA) is 81.0 Å². The third-order valence-corrected chi connectivity index (χ3v) is 2.61. The smallest absolute Gasteiger partial charge is 0.311 e. The maximum Gasteiger partial charge on any atom is 0.311 e. The van der Waals surface area contributed by atoms with Gasteiger partial charge in [0.1, 0.15) is 5.82 Å². The molecule has 0 saturated heterocycles. The van der Waals surface area contributed by atoms with Crippen molar-refractivity contribution < 1.29 is 9.31 Å². The Kier molecular flexibility index (Phi) is 3.65. The molecular weight excluding hydrogens is 251 g/mol. The van der Waals surface area contributed by atoms with E-state index < -0.39 is 16.8 Å². The fourth-order valence-electron chi connectivity index (χ4n) is 1.68. The Labute approximate surface area is 108 Å². The van der Waals surface area contributed by atoms with Gasteiger partial charge in [-0.1, -0.05) is 0 Å². The number of hydrogen-bond donors (Lipinski definition) is 1.